The fraction of sp³-hybridized carbons (Fsp3) is 0.250. The molecule has 0 aliphatic heterocycles. The predicted molar refractivity (Wildman–Crippen MR) is 59.2 cm³/mol. The summed E-state index contributed by atoms with van der Waals surface area (Å²) in [5, 5.41) is 3.62. The Morgan fingerprint density at radius 3 is 2.53 bits per heavy atom. The predicted octanol–water partition coefficient (Wildman–Crippen LogP) is 0.575. The minimum absolute atomic E-state index is 0.0679. The molecule has 2 heterocycles. The minimum atomic E-state index is -3.97. The van der Waals surface area contributed by atoms with Crippen LogP contribution in [-0.4, -0.2) is 27.7 Å². The highest BCUT2D eigenvalue weighted by molar-refractivity contribution is 7.87. The summed E-state index contributed by atoms with van der Waals surface area (Å²) in [6, 6.07) is 0. The average Bonchev–Trinajstić information content (AvgIpc) is 2.75. The first-order valence-corrected chi connectivity index (χ1v) is 6.29. The summed E-state index contributed by atoms with van der Waals surface area (Å²) < 4.78 is 31.2. The zero-order valence-corrected chi connectivity index (χ0v) is 10.6. The third-order valence-electron chi connectivity index (χ3n) is 1.94. The van der Waals surface area contributed by atoms with Crippen LogP contribution in [0.4, 0.5) is 0 Å². The van der Waals surface area contributed by atoms with Crippen molar-refractivity contribution in [2.45, 2.75) is 5.03 Å². The van der Waals surface area contributed by atoms with Gasteiger partial charge in [-0.3, -0.25) is 4.68 Å². The summed E-state index contributed by atoms with van der Waals surface area (Å²) in [7, 11) is -0.740. The lowest BCUT2D eigenvalue weighted by Crippen LogP contribution is -2.09. The fourth-order valence-electron chi connectivity index (χ4n) is 1.15. The molecule has 7 nitrogen and oxygen atoms in total. The van der Waals surface area contributed by atoms with Crippen molar-refractivity contribution in [3.63, 3.8) is 0 Å². The third-order valence-corrected chi connectivity index (χ3v) is 3.41. The fourth-order valence-corrected chi connectivity index (χ4v) is 2.25. The SMILES string of the molecule is Cn1cc(OS(=O)(=O)c2cn(C)c(Cl)n2)cn1. The quantitative estimate of drug-likeness (QED) is 0.766. The van der Waals surface area contributed by atoms with Crippen molar-refractivity contribution >= 4 is 21.7 Å². The number of rotatable bonds is 3. The minimum Gasteiger partial charge on any atom is -0.374 e. The molecule has 0 saturated carbocycles. The van der Waals surface area contributed by atoms with Gasteiger partial charge in [0.15, 0.2) is 5.75 Å². The van der Waals surface area contributed by atoms with E-state index in [1.165, 1.54) is 27.8 Å². The largest absolute Gasteiger partial charge is 0.374 e. The van der Waals surface area contributed by atoms with Gasteiger partial charge in [0.1, 0.15) is 0 Å². The van der Waals surface area contributed by atoms with Gasteiger partial charge in [-0.1, -0.05) is 0 Å². The summed E-state index contributed by atoms with van der Waals surface area (Å²) in [6.07, 6.45) is 4.00. The highest BCUT2D eigenvalue weighted by atomic mass is 35.5. The van der Waals surface area contributed by atoms with Crippen molar-refractivity contribution in [2.24, 2.45) is 14.1 Å². The highest BCUT2D eigenvalue weighted by Gasteiger charge is 2.22. The maximum absolute atomic E-state index is 11.8. The number of nitrogens with zero attached hydrogens (tertiary/aromatic N) is 4. The first kappa shape index (κ1) is 11.9. The molecule has 2 rings (SSSR count). The number of hydrogen-bond donors (Lipinski definition) is 0. The molecule has 0 atom stereocenters. The van der Waals surface area contributed by atoms with Gasteiger partial charge in [-0.25, -0.2) is 4.98 Å². The van der Waals surface area contributed by atoms with Crippen LogP contribution in [0, 0.1) is 0 Å². The Hall–Kier alpha value is -1.54. The van der Waals surface area contributed by atoms with Crippen LogP contribution >= 0.6 is 11.6 Å². The summed E-state index contributed by atoms with van der Waals surface area (Å²) in [5.74, 6) is 0.120. The van der Waals surface area contributed by atoms with Crippen LogP contribution in [0.25, 0.3) is 0 Å². The topological polar surface area (TPSA) is 79.0 Å². The molecule has 92 valence electrons. The van der Waals surface area contributed by atoms with Crippen LogP contribution in [0.3, 0.4) is 0 Å². The van der Waals surface area contributed by atoms with Gasteiger partial charge in [0.25, 0.3) is 0 Å². The van der Waals surface area contributed by atoms with Crippen LogP contribution in [0.15, 0.2) is 23.6 Å². The second kappa shape index (κ2) is 4.04. The Labute approximate surface area is 103 Å². The van der Waals surface area contributed by atoms with Gasteiger partial charge < -0.3 is 8.75 Å². The Kier molecular flexibility index (Phi) is 2.84. The molecular weight excluding hydrogens is 268 g/mol. The van der Waals surface area contributed by atoms with E-state index in [0.29, 0.717) is 0 Å². The van der Waals surface area contributed by atoms with Gasteiger partial charge in [-0.2, -0.15) is 13.5 Å². The van der Waals surface area contributed by atoms with Gasteiger partial charge in [0.05, 0.1) is 12.4 Å². The molecule has 0 radical (unpaired) electrons. The van der Waals surface area contributed by atoms with E-state index in [1.807, 2.05) is 0 Å². The van der Waals surface area contributed by atoms with Gasteiger partial charge in [-0.05, 0) is 11.6 Å². The van der Waals surface area contributed by atoms with Crippen LogP contribution in [0.2, 0.25) is 5.28 Å². The molecule has 0 N–H and O–H groups in total. The highest BCUT2D eigenvalue weighted by Crippen LogP contribution is 2.18. The Balaban J connectivity index is 2.31. The number of aryl methyl sites for hydroxylation is 2. The van der Waals surface area contributed by atoms with Crippen molar-refractivity contribution in [2.75, 3.05) is 0 Å². The molecule has 9 heteroatoms. The molecule has 2 aromatic rings. The lowest BCUT2D eigenvalue weighted by molar-refractivity contribution is 0.482. The maximum atomic E-state index is 11.8. The molecule has 0 aliphatic carbocycles. The molecule has 0 unspecified atom stereocenters. The normalized spacial score (nSPS) is 11.7. The van der Waals surface area contributed by atoms with Crippen molar-refractivity contribution in [1.29, 1.82) is 0 Å². The van der Waals surface area contributed by atoms with E-state index in [2.05, 4.69) is 10.1 Å². The molecule has 0 fully saturated rings. The van der Waals surface area contributed by atoms with E-state index in [9.17, 15) is 8.42 Å². The van der Waals surface area contributed by atoms with E-state index in [4.69, 9.17) is 15.8 Å². The van der Waals surface area contributed by atoms with E-state index in [1.54, 1.807) is 14.1 Å². The van der Waals surface area contributed by atoms with E-state index in [0.717, 1.165) is 0 Å². The Morgan fingerprint density at radius 2 is 2.06 bits per heavy atom. The summed E-state index contributed by atoms with van der Waals surface area (Å²) in [5.41, 5.74) is 0. The summed E-state index contributed by atoms with van der Waals surface area (Å²) >= 11 is 5.66. The molecule has 0 amide bonds. The number of aromatic nitrogens is 4. The zero-order chi connectivity index (χ0) is 12.6. The van der Waals surface area contributed by atoms with Crippen molar-refractivity contribution in [1.82, 2.24) is 19.3 Å². The Morgan fingerprint density at radius 1 is 1.35 bits per heavy atom. The van der Waals surface area contributed by atoms with E-state index >= 15 is 0 Å². The molecule has 0 aliphatic rings. The van der Waals surface area contributed by atoms with Gasteiger partial charge in [0.2, 0.25) is 10.3 Å². The molecule has 2 aromatic heterocycles. The number of imidazole rings is 1. The van der Waals surface area contributed by atoms with Crippen molar-refractivity contribution in [3.8, 4) is 5.75 Å². The average molecular weight is 277 g/mol. The molecule has 0 spiro atoms. The molecule has 17 heavy (non-hydrogen) atoms. The molecule has 0 bridgehead atoms. The summed E-state index contributed by atoms with van der Waals surface area (Å²) in [4.78, 5) is 3.67. The van der Waals surface area contributed by atoms with Crippen LogP contribution in [0.5, 0.6) is 5.75 Å². The van der Waals surface area contributed by atoms with Crippen LogP contribution in [-0.2, 0) is 24.2 Å². The zero-order valence-electron chi connectivity index (χ0n) is 9.03. The van der Waals surface area contributed by atoms with E-state index in [-0.39, 0.29) is 16.1 Å². The standard InChI is InChI=1S/C8H9ClN4O3S/c1-12-5-7(11-8(12)9)17(14,15)16-6-3-10-13(2)4-6/h3-5H,1-2H3. The van der Waals surface area contributed by atoms with Crippen molar-refractivity contribution in [3.05, 3.63) is 23.9 Å². The van der Waals surface area contributed by atoms with Crippen molar-refractivity contribution < 1.29 is 12.6 Å². The first-order chi connectivity index (χ1) is 7.88. The lowest BCUT2D eigenvalue weighted by Gasteiger charge is -2.00. The van der Waals surface area contributed by atoms with Gasteiger partial charge in [-0.15, -0.1) is 0 Å². The molecule has 0 aromatic carbocycles. The third kappa shape index (κ3) is 2.42. The second-order valence-electron chi connectivity index (χ2n) is 3.35. The smallest absolute Gasteiger partial charge is 0.358 e. The lowest BCUT2D eigenvalue weighted by atomic mass is 10.7. The number of halogens is 1. The first-order valence-electron chi connectivity index (χ1n) is 4.50. The molecular formula is C8H9ClN4O3S. The monoisotopic (exact) mass is 276 g/mol. The maximum Gasteiger partial charge on any atom is 0.358 e. The number of hydrogen-bond acceptors (Lipinski definition) is 5. The Bertz CT molecular complexity index is 626. The summed E-state index contributed by atoms with van der Waals surface area (Å²) in [6.45, 7) is 0. The molecule has 0 saturated heterocycles. The van der Waals surface area contributed by atoms with Gasteiger partial charge >= 0.3 is 10.1 Å². The van der Waals surface area contributed by atoms with Crippen LogP contribution in [0.1, 0.15) is 0 Å². The van der Waals surface area contributed by atoms with E-state index < -0.39 is 10.1 Å². The van der Waals surface area contributed by atoms with Gasteiger partial charge in [0, 0.05) is 20.3 Å². The second-order valence-corrected chi connectivity index (χ2v) is 5.18. The van der Waals surface area contributed by atoms with Crippen LogP contribution < -0.4 is 4.18 Å².